The number of carbonyl (C=O) groups excluding carboxylic acids is 1. The van der Waals surface area contributed by atoms with Crippen LogP contribution in [0.3, 0.4) is 0 Å². The van der Waals surface area contributed by atoms with Crippen LogP contribution in [0.5, 0.6) is 0 Å². The second kappa shape index (κ2) is 5.49. The van der Waals surface area contributed by atoms with E-state index in [1.165, 1.54) is 0 Å². The van der Waals surface area contributed by atoms with Crippen LogP contribution in [-0.4, -0.2) is 36.1 Å². The number of aliphatic carboxylic acids is 1. The normalized spacial score (nSPS) is 22.9. The highest BCUT2D eigenvalue weighted by atomic mass is 16.4. The molecule has 0 bridgehead atoms. The van der Waals surface area contributed by atoms with Gasteiger partial charge < -0.3 is 15.7 Å². The minimum Gasteiger partial charge on any atom is -0.480 e. The molecule has 3 N–H and O–H groups in total. The Morgan fingerprint density at radius 1 is 1.41 bits per heavy atom. The van der Waals surface area contributed by atoms with Crippen LogP contribution in [0.1, 0.15) is 33.6 Å². The number of hydrogen-bond donors (Lipinski definition) is 3. The standard InChI is InChI=1S/C12H22N2O3/c1-12(2,3)9(11(16)17)14-10(15)8-5-4-6-13-7-8/h8-9,13H,4-7H2,1-3H3,(H,14,15)(H,16,17)/t8-,9+/m0/s1. The zero-order valence-electron chi connectivity index (χ0n) is 10.7. The molecule has 1 saturated heterocycles. The van der Waals surface area contributed by atoms with Gasteiger partial charge in [-0.25, -0.2) is 4.79 Å². The Bertz CT molecular complexity index is 291. The number of carbonyl (C=O) groups is 2. The van der Waals surface area contributed by atoms with Crippen molar-refractivity contribution in [1.82, 2.24) is 10.6 Å². The van der Waals surface area contributed by atoms with Crippen molar-refractivity contribution in [2.24, 2.45) is 11.3 Å². The van der Waals surface area contributed by atoms with E-state index in [-0.39, 0.29) is 11.8 Å². The molecular weight excluding hydrogens is 220 g/mol. The molecule has 5 heteroatoms. The predicted molar refractivity (Wildman–Crippen MR) is 64.6 cm³/mol. The fraction of sp³-hybridized carbons (Fsp3) is 0.833. The summed E-state index contributed by atoms with van der Waals surface area (Å²) >= 11 is 0. The Kier molecular flexibility index (Phi) is 4.51. The number of nitrogens with one attached hydrogen (secondary N) is 2. The van der Waals surface area contributed by atoms with Crippen LogP contribution in [0.4, 0.5) is 0 Å². The van der Waals surface area contributed by atoms with Crippen LogP contribution in [0.15, 0.2) is 0 Å². The van der Waals surface area contributed by atoms with Crippen molar-refractivity contribution >= 4 is 11.9 Å². The smallest absolute Gasteiger partial charge is 0.326 e. The van der Waals surface area contributed by atoms with Gasteiger partial charge in [-0.15, -0.1) is 0 Å². The Hall–Kier alpha value is -1.10. The van der Waals surface area contributed by atoms with Crippen molar-refractivity contribution < 1.29 is 14.7 Å². The molecule has 1 aliphatic rings. The lowest BCUT2D eigenvalue weighted by Crippen LogP contribution is -2.52. The molecule has 1 rings (SSSR count). The van der Waals surface area contributed by atoms with Crippen molar-refractivity contribution in [2.75, 3.05) is 13.1 Å². The van der Waals surface area contributed by atoms with Crippen molar-refractivity contribution in [3.8, 4) is 0 Å². The molecule has 17 heavy (non-hydrogen) atoms. The molecule has 0 spiro atoms. The average molecular weight is 242 g/mol. The first-order valence-corrected chi connectivity index (χ1v) is 6.06. The van der Waals surface area contributed by atoms with Crippen LogP contribution in [0.25, 0.3) is 0 Å². The Labute approximate surface area is 102 Å². The third-order valence-electron chi connectivity index (χ3n) is 3.07. The second-order valence-electron chi connectivity index (χ2n) is 5.69. The lowest BCUT2D eigenvalue weighted by molar-refractivity contribution is -0.145. The van der Waals surface area contributed by atoms with Gasteiger partial charge in [0.15, 0.2) is 0 Å². The van der Waals surface area contributed by atoms with Crippen molar-refractivity contribution in [3.05, 3.63) is 0 Å². The van der Waals surface area contributed by atoms with Crippen LogP contribution in [-0.2, 0) is 9.59 Å². The summed E-state index contributed by atoms with van der Waals surface area (Å²) in [6.45, 7) is 7.01. The number of piperidine rings is 1. The second-order valence-corrected chi connectivity index (χ2v) is 5.69. The third kappa shape index (κ3) is 4.00. The molecule has 1 amide bonds. The van der Waals surface area contributed by atoms with Gasteiger partial charge >= 0.3 is 5.97 Å². The van der Waals surface area contributed by atoms with Gasteiger partial charge in [0.1, 0.15) is 6.04 Å². The highest BCUT2D eigenvalue weighted by Crippen LogP contribution is 2.20. The summed E-state index contributed by atoms with van der Waals surface area (Å²) in [4.78, 5) is 23.1. The first-order valence-electron chi connectivity index (χ1n) is 6.06. The van der Waals surface area contributed by atoms with Crippen LogP contribution < -0.4 is 10.6 Å². The molecule has 0 aromatic rings. The van der Waals surface area contributed by atoms with E-state index in [2.05, 4.69) is 10.6 Å². The maximum Gasteiger partial charge on any atom is 0.326 e. The molecule has 1 fully saturated rings. The fourth-order valence-corrected chi connectivity index (χ4v) is 1.98. The van der Waals surface area contributed by atoms with Crippen LogP contribution in [0.2, 0.25) is 0 Å². The van der Waals surface area contributed by atoms with Crippen molar-refractivity contribution in [1.29, 1.82) is 0 Å². The molecule has 1 heterocycles. The molecular formula is C12H22N2O3. The van der Waals surface area contributed by atoms with Gasteiger partial charge in [-0.3, -0.25) is 4.79 Å². The lowest BCUT2D eigenvalue weighted by Gasteiger charge is -2.30. The minimum atomic E-state index is -0.977. The predicted octanol–water partition coefficient (Wildman–Crippen LogP) is 0.602. The number of carboxylic acid groups (broad SMARTS) is 1. The number of carboxylic acids is 1. The summed E-state index contributed by atoms with van der Waals surface area (Å²) in [6.07, 6.45) is 1.79. The van der Waals surface area contributed by atoms with E-state index in [1.807, 2.05) is 20.8 Å². The molecule has 98 valence electrons. The summed E-state index contributed by atoms with van der Waals surface area (Å²) in [5.41, 5.74) is -0.483. The number of rotatable bonds is 3. The molecule has 0 aromatic heterocycles. The van der Waals surface area contributed by atoms with E-state index < -0.39 is 17.4 Å². The molecule has 5 nitrogen and oxygen atoms in total. The van der Waals surface area contributed by atoms with Crippen molar-refractivity contribution in [2.45, 2.75) is 39.7 Å². The summed E-state index contributed by atoms with van der Waals surface area (Å²) in [5, 5.41) is 14.9. The Balaban J connectivity index is 2.60. The largest absolute Gasteiger partial charge is 0.480 e. The van der Waals surface area contributed by atoms with Gasteiger partial charge in [0.25, 0.3) is 0 Å². The van der Waals surface area contributed by atoms with Gasteiger partial charge in [0, 0.05) is 6.54 Å². The molecule has 0 saturated carbocycles. The molecule has 0 unspecified atom stereocenters. The first-order chi connectivity index (χ1) is 7.82. The Morgan fingerprint density at radius 3 is 2.47 bits per heavy atom. The SMILES string of the molecule is CC(C)(C)[C@H](NC(=O)[C@H]1CCCNC1)C(=O)O. The van der Waals surface area contributed by atoms with Crippen LogP contribution >= 0.6 is 0 Å². The van der Waals surface area contributed by atoms with Gasteiger partial charge in [0.2, 0.25) is 5.91 Å². The van der Waals surface area contributed by atoms with Gasteiger partial charge in [0.05, 0.1) is 5.92 Å². The molecule has 0 aliphatic carbocycles. The van der Waals surface area contributed by atoms with E-state index in [9.17, 15) is 9.59 Å². The van der Waals surface area contributed by atoms with Gasteiger partial charge in [-0.05, 0) is 24.8 Å². The van der Waals surface area contributed by atoms with Crippen LogP contribution in [0, 0.1) is 11.3 Å². The summed E-state index contributed by atoms with van der Waals surface area (Å²) in [5.74, 6) is -1.23. The highest BCUT2D eigenvalue weighted by Gasteiger charge is 2.34. The monoisotopic (exact) mass is 242 g/mol. The molecule has 0 aromatic carbocycles. The molecule has 2 atom stereocenters. The maximum atomic E-state index is 11.9. The van der Waals surface area contributed by atoms with E-state index >= 15 is 0 Å². The van der Waals surface area contributed by atoms with E-state index in [1.54, 1.807) is 0 Å². The van der Waals surface area contributed by atoms with Gasteiger partial charge in [-0.2, -0.15) is 0 Å². The van der Waals surface area contributed by atoms with Crippen molar-refractivity contribution in [3.63, 3.8) is 0 Å². The lowest BCUT2D eigenvalue weighted by atomic mass is 9.86. The van der Waals surface area contributed by atoms with E-state index in [0.717, 1.165) is 19.4 Å². The highest BCUT2D eigenvalue weighted by molar-refractivity contribution is 5.85. The minimum absolute atomic E-state index is 0.104. The Morgan fingerprint density at radius 2 is 2.06 bits per heavy atom. The topological polar surface area (TPSA) is 78.4 Å². The summed E-state index contributed by atoms with van der Waals surface area (Å²) in [7, 11) is 0. The van der Waals surface area contributed by atoms with E-state index in [0.29, 0.717) is 6.54 Å². The molecule has 0 radical (unpaired) electrons. The zero-order chi connectivity index (χ0) is 13.1. The van der Waals surface area contributed by atoms with Gasteiger partial charge in [-0.1, -0.05) is 20.8 Å². The molecule has 1 aliphatic heterocycles. The first kappa shape index (κ1) is 14.0. The quantitative estimate of drug-likeness (QED) is 0.677. The summed E-state index contributed by atoms with van der Waals surface area (Å²) < 4.78 is 0. The zero-order valence-corrected chi connectivity index (χ0v) is 10.7. The maximum absolute atomic E-state index is 11.9. The van der Waals surface area contributed by atoms with E-state index in [4.69, 9.17) is 5.11 Å². The number of amides is 1. The number of hydrogen-bond acceptors (Lipinski definition) is 3. The third-order valence-corrected chi connectivity index (χ3v) is 3.07. The summed E-state index contributed by atoms with van der Waals surface area (Å²) in [6, 6.07) is -0.836. The average Bonchev–Trinajstić information content (AvgIpc) is 2.24. The fourth-order valence-electron chi connectivity index (χ4n) is 1.98.